The zero-order chi connectivity index (χ0) is 19.6. The Balaban J connectivity index is 0.00000676. The van der Waals surface area contributed by atoms with Gasteiger partial charge in [-0.1, -0.05) is 12.1 Å². The van der Waals surface area contributed by atoms with Gasteiger partial charge in [0.15, 0.2) is 5.96 Å². The maximum absolute atomic E-state index is 12.2. The summed E-state index contributed by atoms with van der Waals surface area (Å²) in [5, 5.41) is 5.39. The number of ether oxygens (including phenoxy) is 1. The van der Waals surface area contributed by atoms with Gasteiger partial charge in [0.25, 0.3) is 0 Å². The minimum absolute atomic E-state index is 0. The van der Waals surface area contributed by atoms with E-state index in [0.717, 1.165) is 0 Å². The highest BCUT2D eigenvalue weighted by molar-refractivity contribution is 14.0. The molecule has 0 saturated carbocycles. The van der Waals surface area contributed by atoms with Crippen molar-refractivity contribution in [3.8, 4) is 0 Å². The Morgan fingerprint density at radius 3 is 2.52 bits per heavy atom. The predicted octanol–water partition coefficient (Wildman–Crippen LogP) is 1.85. The molecular weight excluding hydrogens is 500 g/mol. The molecule has 0 aromatic heterocycles. The van der Waals surface area contributed by atoms with E-state index in [1.54, 1.807) is 12.1 Å². The van der Waals surface area contributed by atoms with Gasteiger partial charge in [0.1, 0.15) is 0 Å². The Labute approximate surface area is 174 Å². The van der Waals surface area contributed by atoms with Crippen molar-refractivity contribution in [1.29, 1.82) is 0 Å². The summed E-state index contributed by atoms with van der Waals surface area (Å²) in [5.41, 5.74) is 0.637. The van der Waals surface area contributed by atoms with Gasteiger partial charge >= 0.3 is 6.18 Å². The fraction of sp³-hybridized carbons (Fsp3) is 0.533. The fourth-order valence-electron chi connectivity index (χ4n) is 1.91. The zero-order valence-corrected chi connectivity index (χ0v) is 18.1. The van der Waals surface area contributed by atoms with Gasteiger partial charge in [-0.15, -0.1) is 24.0 Å². The average Bonchev–Trinajstić information content (AvgIpc) is 2.57. The van der Waals surface area contributed by atoms with Crippen LogP contribution in [-0.4, -0.2) is 54.4 Å². The minimum Gasteiger partial charge on any atom is -0.383 e. The first-order valence-corrected chi connectivity index (χ1v) is 9.25. The maximum atomic E-state index is 12.2. The Morgan fingerprint density at radius 1 is 1.22 bits per heavy atom. The zero-order valence-electron chi connectivity index (χ0n) is 15.0. The molecule has 0 atom stereocenters. The smallest absolute Gasteiger partial charge is 0.383 e. The number of nitrogens with zero attached hydrogens (tertiary/aromatic N) is 1. The number of hydrogen-bond acceptors (Lipinski definition) is 4. The quantitative estimate of drug-likeness (QED) is 0.199. The lowest BCUT2D eigenvalue weighted by molar-refractivity contribution is -0.132. The van der Waals surface area contributed by atoms with Crippen molar-refractivity contribution in [3.63, 3.8) is 0 Å². The third-order valence-corrected chi connectivity index (χ3v) is 4.65. The van der Waals surface area contributed by atoms with Crippen LogP contribution in [0.3, 0.4) is 0 Å². The summed E-state index contributed by atoms with van der Waals surface area (Å²) in [6.45, 7) is 0.297. The number of hydrogen-bond donors (Lipinski definition) is 3. The van der Waals surface area contributed by atoms with Crippen LogP contribution in [0.1, 0.15) is 12.0 Å². The molecule has 0 aliphatic carbocycles. The number of aliphatic imine (C=N–C) groups is 1. The van der Waals surface area contributed by atoms with Gasteiger partial charge in [0, 0.05) is 33.8 Å². The molecule has 0 heterocycles. The summed E-state index contributed by atoms with van der Waals surface area (Å²) in [7, 11) is -0.756. The summed E-state index contributed by atoms with van der Waals surface area (Å²) in [5.74, 6) is 0.195. The van der Waals surface area contributed by atoms with Crippen molar-refractivity contribution < 1.29 is 26.3 Å². The van der Waals surface area contributed by atoms with Crippen molar-refractivity contribution in [2.75, 3.05) is 33.9 Å². The predicted molar refractivity (Wildman–Crippen MR) is 108 cm³/mol. The number of benzene rings is 1. The number of nitrogens with one attached hydrogen (secondary N) is 3. The molecule has 0 spiro atoms. The molecule has 1 rings (SSSR count). The van der Waals surface area contributed by atoms with Crippen LogP contribution in [0.4, 0.5) is 13.2 Å². The molecule has 0 radical (unpaired) electrons. The molecule has 0 fully saturated rings. The summed E-state index contributed by atoms with van der Waals surface area (Å²) in [6.07, 6.45) is -5.22. The second-order valence-electron chi connectivity index (χ2n) is 5.26. The van der Waals surface area contributed by atoms with E-state index in [-0.39, 0.29) is 61.1 Å². The maximum Gasteiger partial charge on any atom is 0.390 e. The van der Waals surface area contributed by atoms with Gasteiger partial charge in [0.05, 0.1) is 17.9 Å². The minimum atomic E-state index is -4.25. The molecule has 0 unspecified atom stereocenters. The third-order valence-electron chi connectivity index (χ3n) is 3.19. The Hall–Kier alpha value is -1.12. The lowest BCUT2D eigenvalue weighted by Crippen LogP contribution is -2.38. The number of methoxy groups -OCH3 is 1. The van der Waals surface area contributed by atoms with E-state index >= 15 is 0 Å². The fourth-order valence-corrected chi connectivity index (χ4v) is 3.00. The van der Waals surface area contributed by atoms with Crippen LogP contribution in [0.2, 0.25) is 0 Å². The summed E-state index contributed by atoms with van der Waals surface area (Å²) in [6, 6.07) is 6.21. The molecule has 156 valence electrons. The third kappa shape index (κ3) is 10.7. The Morgan fingerprint density at radius 2 is 1.93 bits per heavy atom. The van der Waals surface area contributed by atoms with Gasteiger partial charge < -0.3 is 15.4 Å². The first-order chi connectivity index (χ1) is 12.2. The first kappa shape index (κ1) is 25.9. The highest BCUT2D eigenvalue weighted by Crippen LogP contribution is 2.18. The lowest BCUT2D eigenvalue weighted by atomic mass is 10.2. The largest absolute Gasteiger partial charge is 0.390 e. The normalized spacial score (nSPS) is 12.4. The average molecular weight is 524 g/mol. The van der Waals surface area contributed by atoms with E-state index in [1.807, 2.05) is 0 Å². The van der Waals surface area contributed by atoms with Crippen molar-refractivity contribution in [2.45, 2.75) is 24.0 Å². The number of sulfonamides is 1. The van der Waals surface area contributed by atoms with Crippen molar-refractivity contribution in [2.24, 2.45) is 4.99 Å². The number of rotatable bonds is 9. The topological polar surface area (TPSA) is 91.8 Å². The van der Waals surface area contributed by atoms with E-state index in [2.05, 4.69) is 20.3 Å². The van der Waals surface area contributed by atoms with Gasteiger partial charge in [-0.25, -0.2) is 13.1 Å². The highest BCUT2D eigenvalue weighted by atomic mass is 127. The van der Waals surface area contributed by atoms with Gasteiger partial charge in [0.2, 0.25) is 10.0 Å². The molecule has 1 aromatic carbocycles. The Kier molecular flexibility index (Phi) is 11.8. The molecular formula is C15H24F3IN4O3S. The van der Waals surface area contributed by atoms with Crippen LogP contribution in [0, 0.1) is 0 Å². The summed E-state index contributed by atoms with van der Waals surface area (Å²) < 4.78 is 68.0. The number of halogens is 4. The second kappa shape index (κ2) is 12.4. The van der Waals surface area contributed by atoms with Crippen LogP contribution in [0.15, 0.2) is 34.2 Å². The van der Waals surface area contributed by atoms with Crippen LogP contribution < -0.4 is 15.4 Å². The van der Waals surface area contributed by atoms with E-state index in [1.165, 1.54) is 26.3 Å². The molecule has 0 aliphatic rings. The van der Waals surface area contributed by atoms with E-state index < -0.39 is 22.6 Å². The summed E-state index contributed by atoms with van der Waals surface area (Å²) >= 11 is 0. The van der Waals surface area contributed by atoms with Crippen LogP contribution in [0.5, 0.6) is 0 Å². The van der Waals surface area contributed by atoms with Crippen molar-refractivity contribution in [3.05, 3.63) is 29.8 Å². The lowest BCUT2D eigenvalue weighted by Gasteiger charge is -2.13. The van der Waals surface area contributed by atoms with Gasteiger partial charge in [-0.3, -0.25) is 4.99 Å². The highest BCUT2D eigenvalue weighted by Gasteiger charge is 2.26. The SMILES string of the molecule is CN=C(NCCC(F)(F)F)NCc1cccc(S(=O)(=O)NCCOC)c1.I. The van der Waals surface area contributed by atoms with Crippen LogP contribution in [-0.2, 0) is 21.3 Å². The van der Waals surface area contributed by atoms with E-state index in [0.29, 0.717) is 5.56 Å². The monoisotopic (exact) mass is 524 g/mol. The standard InChI is InChI=1S/C15H23F3N4O3S.HI/c1-19-14(20-7-6-15(16,17)18)21-11-12-4-3-5-13(10-12)26(23,24)22-8-9-25-2;/h3-5,10,22H,6-9,11H2,1-2H3,(H2,19,20,21);1H. The molecule has 3 N–H and O–H groups in total. The van der Waals surface area contributed by atoms with Crippen LogP contribution in [0.25, 0.3) is 0 Å². The number of alkyl halides is 3. The van der Waals surface area contributed by atoms with Crippen LogP contribution >= 0.6 is 24.0 Å². The number of guanidine groups is 1. The molecule has 12 heteroatoms. The van der Waals surface area contributed by atoms with Gasteiger partial charge in [-0.05, 0) is 17.7 Å². The Bertz CT molecular complexity index is 700. The van der Waals surface area contributed by atoms with Crippen molar-refractivity contribution >= 4 is 40.0 Å². The second-order valence-corrected chi connectivity index (χ2v) is 7.02. The van der Waals surface area contributed by atoms with Gasteiger partial charge in [-0.2, -0.15) is 13.2 Å². The molecule has 1 aromatic rings. The molecule has 0 saturated heterocycles. The first-order valence-electron chi connectivity index (χ1n) is 7.77. The molecule has 0 aliphatic heterocycles. The van der Waals surface area contributed by atoms with E-state index in [9.17, 15) is 21.6 Å². The molecule has 7 nitrogen and oxygen atoms in total. The molecule has 0 bridgehead atoms. The molecule has 27 heavy (non-hydrogen) atoms. The van der Waals surface area contributed by atoms with E-state index in [4.69, 9.17) is 4.74 Å². The molecule has 0 amide bonds. The summed E-state index contributed by atoms with van der Waals surface area (Å²) in [4.78, 5) is 3.92. The van der Waals surface area contributed by atoms with Crippen molar-refractivity contribution in [1.82, 2.24) is 15.4 Å².